The number of ether oxygens (including phenoxy) is 4. The smallest absolute Gasteiger partial charge is 0.231 e. The van der Waals surface area contributed by atoms with Gasteiger partial charge in [0.05, 0.1) is 19.3 Å². The quantitative estimate of drug-likeness (QED) is 0.775. The van der Waals surface area contributed by atoms with Crippen molar-refractivity contribution in [1.29, 1.82) is 0 Å². The van der Waals surface area contributed by atoms with Gasteiger partial charge in [-0.1, -0.05) is 11.6 Å². The van der Waals surface area contributed by atoms with E-state index < -0.39 is 0 Å². The summed E-state index contributed by atoms with van der Waals surface area (Å²) in [7, 11) is 1.56. The number of fused-ring (bicyclic) bond motifs is 2. The number of hydrogen-bond acceptors (Lipinski definition) is 5. The molecule has 122 valence electrons. The molecule has 0 bridgehead atoms. The zero-order chi connectivity index (χ0) is 16.7. The number of benzene rings is 2. The van der Waals surface area contributed by atoms with Crippen molar-refractivity contribution in [3.8, 4) is 17.2 Å². The van der Waals surface area contributed by atoms with Crippen LogP contribution >= 0.6 is 11.6 Å². The first-order valence-corrected chi connectivity index (χ1v) is 7.69. The Bertz CT molecular complexity index is 872. The summed E-state index contributed by atoms with van der Waals surface area (Å²) in [6, 6.07) is 8.62. The van der Waals surface area contributed by atoms with E-state index in [1.165, 1.54) is 0 Å². The lowest BCUT2D eigenvalue weighted by Crippen LogP contribution is -2.12. The molecule has 0 N–H and O–H groups in total. The van der Waals surface area contributed by atoms with Crippen molar-refractivity contribution >= 4 is 23.5 Å². The van der Waals surface area contributed by atoms with Gasteiger partial charge in [-0.05, 0) is 30.3 Å². The second-order valence-electron chi connectivity index (χ2n) is 5.40. The molecule has 0 saturated carbocycles. The third-order valence-electron chi connectivity index (χ3n) is 3.87. The highest BCUT2D eigenvalue weighted by Gasteiger charge is 2.28. The van der Waals surface area contributed by atoms with Crippen molar-refractivity contribution in [3.05, 3.63) is 57.8 Å². The molecule has 0 fully saturated rings. The molecule has 2 heterocycles. The van der Waals surface area contributed by atoms with E-state index in [1.807, 2.05) is 0 Å². The SMILES string of the molecule is COc1ccc2c(c1)OC(=Cc1cc(Cl)cc3c1OCOC3)C2=O. The Kier molecular flexibility index (Phi) is 3.67. The molecule has 0 spiro atoms. The van der Waals surface area contributed by atoms with Gasteiger partial charge in [-0.2, -0.15) is 0 Å². The van der Waals surface area contributed by atoms with Gasteiger partial charge in [0.25, 0.3) is 0 Å². The van der Waals surface area contributed by atoms with E-state index >= 15 is 0 Å². The van der Waals surface area contributed by atoms with Gasteiger partial charge < -0.3 is 18.9 Å². The zero-order valence-electron chi connectivity index (χ0n) is 12.8. The monoisotopic (exact) mass is 344 g/mol. The second kappa shape index (κ2) is 5.85. The molecule has 2 aromatic carbocycles. The highest BCUT2D eigenvalue weighted by molar-refractivity contribution is 6.31. The van der Waals surface area contributed by atoms with Crippen LogP contribution < -0.4 is 14.2 Å². The molecule has 6 heteroatoms. The van der Waals surface area contributed by atoms with E-state index in [-0.39, 0.29) is 18.3 Å². The molecule has 0 aromatic heterocycles. The van der Waals surface area contributed by atoms with Crippen LogP contribution in [0.3, 0.4) is 0 Å². The van der Waals surface area contributed by atoms with Crippen LogP contribution in [0, 0.1) is 0 Å². The standard InChI is InChI=1S/C18H13ClO5/c1-21-13-2-3-14-15(7-13)24-16(17(14)20)6-10-4-12(19)5-11-8-22-9-23-18(10)11/h2-7H,8-9H2,1H3. The number of carbonyl (C=O) groups is 1. The summed E-state index contributed by atoms with van der Waals surface area (Å²) in [5.74, 6) is 1.79. The Morgan fingerprint density at radius 1 is 1.25 bits per heavy atom. The topological polar surface area (TPSA) is 54.0 Å². The maximum atomic E-state index is 12.5. The Morgan fingerprint density at radius 2 is 2.12 bits per heavy atom. The number of hydrogen-bond donors (Lipinski definition) is 0. The summed E-state index contributed by atoms with van der Waals surface area (Å²) in [6.07, 6.45) is 1.64. The first-order chi connectivity index (χ1) is 11.7. The van der Waals surface area contributed by atoms with Crippen LogP contribution in [-0.2, 0) is 11.3 Å². The first kappa shape index (κ1) is 15.1. The van der Waals surface area contributed by atoms with Crippen molar-refractivity contribution in [3.63, 3.8) is 0 Å². The molecule has 4 rings (SSSR count). The van der Waals surface area contributed by atoms with Crippen LogP contribution in [-0.4, -0.2) is 19.7 Å². The van der Waals surface area contributed by atoms with Crippen molar-refractivity contribution in [2.45, 2.75) is 6.61 Å². The average molecular weight is 345 g/mol. The summed E-state index contributed by atoms with van der Waals surface area (Å²) >= 11 is 6.15. The normalized spacial score (nSPS) is 17.1. The van der Waals surface area contributed by atoms with E-state index in [0.29, 0.717) is 40.0 Å². The van der Waals surface area contributed by atoms with Gasteiger partial charge >= 0.3 is 0 Å². The van der Waals surface area contributed by atoms with Gasteiger partial charge in [-0.3, -0.25) is 4.79 Å². The average Bonchev–Trinajstić information content (AvgIpc) is 2.90. The minimum atomic E-state index is -0.187. The fourth-order valence-electron chi connectivity index (χ4n) is 2.75. The molecule has 0 saturated heterocycles. The number of allylic oxidation sites excluding steroid dienone is 1. The van der Waals surface area contributed by atoms with Crippen LogP contribution in [0.5, 0.6) is 17.2 Å². The van der Waals surface area contributed by atoms with Crippen LogP contribution in [0.4, 0.5) is 0 Å². The van der Waals surface area contributed by atoms with E-state index in [2.05, 4.69) is 0 Å². The van der Waals surface area contributed by atoms with Crippen LogP contribution in [0.2, 0.25) is 5.02 Å². The number of methoxy groups -OCH3 is 1. The molecular formula is C18H13ClO5. The molecule has 24 heavy (non-hydrogen) atoms. The predicted octanol–water partition coefficient (Wildman–Crippen LogP) is 3.83. The minimum Gasteiger partial charge on any atom is -0.497 e. The minimum absolute atomic E-state index is 0.164. The highest BCUT2D eigenvalue weighted by atomic mass is 35.5. The molecule has 0 amide bonds. The molecule has 0 aliphatic carbocycles. The fourth-order valence-corrected chi connectivity index (χ4v) is 3.00. The maximum absolute atomic E-state index is 12.5. The lowest BCUT2D eigenvalue weighted by molar-refractivity contribution is -0.0165. The van der Waals surface area contributed by atoms with Crippen molar-refractivity contribution in [2.24, 2.45) is 0 Å². The summed E-state index contributed by atoms with van der Waals surface area (Å²) in [5.41, 5.74) is 2.02. The Labute approximate surface area is 143 Å². The van der Waals surface area contributed by atoms with E-state index in [1.54, 1.807) is 43.5 Å². The van der Waals surface area contributed by atoms with Crippen LogP contribution in [0.15, 0.2) is 36.1 Å². The molecular weight excluding hydrogens is 332 g/mol. The second-order valence-corrected chi connectivity index (χ2v) is 5.83. The third-order valence-corrected chi connectivity index (χ3v) is 4.09. The van der Waals surface area contributed by atoms with Crippen molar-refractivity contribution < 1.29 is 23.7 Å². The lowest BCUT2D eigenvalue weighted by atomic mass is 10.1. The van der Waals surface area contributed by atoms with E-state index in [4.69, 9.17) is 30.5 Å². The molecule has 2 aromatic rings. The number of carbonyl (C=O) groups excluding carboxylic acids is 1. The molecule has 0 unspecified atom stereocenters. The maximum Gasteiger partial charge on any atom is 0.231 e. The molecule has 5 nitrogen and oxygen atoms in total. The van der Waals surface area contributed by atoms with E-state index in [0.717, 1.165) is 5.56 Å². The van der Waals surface area contributed by atoms with Gasteiger partial charge in [0.2, 0.25) is 5.78 Å². The highest BCUT2D eigenvalue weighted by Crippen LogP contribution is 2.37. The first-order valence-electron chi connectivity index (χ1n) is 7.31. The summed E-state index contributed by atoms with van der Waals surface area (Å²) < 4.78 is 21.7. The molecule has 2 aliphatic heterocycles. The van der Waals surface area contributed by atoms with Crippen molar-refractivity contribution in [1.82, 2.24) is 0 Å². The third kappa shape index (κ3) is 2.52. The van der Waals surface area contributed by atoms with Crippen molar-refractivity contribution in [2.75, 3.05) is 13.9 Å². The number of Topliss-reactive ketones (excluding diaryl/α,β-unsaturated/α-hetero) is 1. The van der Waals surface area contributed by atoms with Crippen LogP contribution in [0.25, 0.3) is 6.08 Å². The molecule has 0 radical (unpaired) electrons. The van der Waals surface area contributed by atoms with Gasteiger partial charge in [0.1, 0.15) is 17.2 Å². The van der Waals surface area contributed by atoms with Gasteiger partial charge in [-0.15, -0.1) is 0 Å². The van der Waals surface area contributed by atoms with Gasteiger partial charge in [-0.25, -0.2) is 0 Å². The summed E-state index contributed by atoms with van der Waals surface area (Å²) in [6.45, 7) is 0.579. The number of halogens is 1. The van der Waals surface area contributed by atoms with E-state index in [9.17, 15) is 4.79 Å². The fraction of sp³-hybridized carbons (Fsp3) is 0.167. The predicted molar refractivity (Wildman–Crippen MR) is 87.7 cm³/mol. The number of ketones is 1. The molecule has 0 atom stereocenters. The van der Waals surface area contributed by atoms with Gasteiger partial charge in [0.15, 0.2) is 12.6 Å². The Hall–Kier alpha value is -2.50. The lowest BCUT2D eigenvalue weighted by Gasteiger charge is -2.20. The summed E-state index contributed by atoms with van der Waals surface area (Å²) in [5, 5.41) is 0.541. The zero-order valence-corrected chi connectivity index (χ0v) is 13.6. The molecule has 2 aliphatic rings. The Morgan fingerprint density at radius 3 is 2.96 bits per heavy atom. The van der Waals surface area contributed by atoms with Gasteiger partial charge in [0, 0.05) is 22.2 Å². The Balaban J connectivity index is 1.75. The summed E-state index contributed by atoms with van der Waals surface area (Å²) in [4.78, 5) is 12.5. The number of rotatable bonds is 2. The van der Waals surface area contributed by atoms with Crippen LogP contribution in [0.1, 0.15) is 21.5 Å². The largest absolute Gasteiger partial charge is 0.497 e.